The molecule has 1 aromatic carbocycles. The molecule has 1 fully saturated rings. The lowest BCUT2D eigenvalue weighted by Crippen LogP contribution is -2.22. The lowest BCUT2D eigenvalue weighted by Gasteiger charge is -2.24. The van der Waals surface area contributed by atoms with E-state index in [1.807, 2.05) is 6.07 Å². The highest BCUT2D eigenvalue weighted by molar-refractivity contribution is 5.57. The molecular formula is C13H15FN2. The van der Waals surface area contributed by atoms with Crippen molar-refractivity contribution in [2.45, 2.75) is 38.1 Å². The monoisotopic (exact) mass is 218 g/mol. The van der Waals surface area contributed by atoms with E-state index in [2.05, 4.69) is 5.32 Å². The zero-order valence-electron chi connectivity index (χ0n) is 9.17. The maximum absolute atomic E-state index is 12.9. The van der Waals surface area contributed by atoms with Crippen molar-refractivity contribution in [1.82, 2.24) is 0 Å². The molecule has 1 saturated carbocycles. The fourth-order valence-electron chi connectivity index (χ4n) is 2.20. The molecule has 0 unspecified atom stereocenters. The van der Waals surface area contributed by atoms with Gasteiger partial charge in [0.1, 0.15) is 11.9 Å². The van der Waals surface area contributed by atoms with Crippen molar-refractivity contribution in [2.75, 3.05) is 5.32 Å². The highest BCUT2D eigenvalue weighted by Gasteiger charge is 2.14. The van der Waals surface area contributed by atoms with E-state index in [1.165, 1.54) is 31.4 Å². The minimum atomic E-state index is -0.356. The zero-order valence-corrected chi connectivity index (χ0v) is 9.17. The van der Waals surface area contributed by atoms with Gasteiger partial charge in [0, 0.05) is 6.04 Å². The Kier molecular flexibility index (Phi) is 3.40. The summed E-state index contributed by atoms with van der Waals surface area (Å²) in [5.74, 6) is -0.356. The van der Waals surface area contributed by atoms with Crippen LogP contribution in [0.25, 0.3) is 0 Å². The Labute approximate surface area is 95.1 Å². The van der Waals surface area contributed by atoms with Crippen molar-refractivity contribution in [2.24, 2.45) is 0 Å². The van der Waals surface area contributed by atoms with E-state index in [0.29, 0.717) is 11.6 Å². The molecular weight excluding hydrogens is 203 g/mol. The summed E-state index contributed by atoms with van der Waals surface area (Å²) in [5.41, 5.74) is 1.15. The quantitative estimate of drug-likeness (QED) is 0.825. The Hall–Kier alpha value is -1.56. The van der Waals surface area contributed by atoms with Crippen LogP contribution in [0.5, 0.6) is 0 Å². The summed E-state index contributed by atoms with van der Waals surface area (Å²) in [6.07, 6.45) is 6.05. The Bertz CT molecular complexity index is 403. The van der Waals surface area contributed by atoms with Crippen LogP contribution >= 0.6 is 0 Å². The van der Waals surface area contributed by atoms with Gasteiger partial charge in [-0.25, -0.2) is 4.39 Å². The maximum Gasteiger partial charge on any atom is 0.124 e. The van der Waals surface area contributed by atoms with Crippen molar-refractivity contribution < 1.29 is 4.39 Å². The lowest BCUT2D eigenvalue weighted by atomic mass is 9.95. The highest BCUT2D eigenvalue weighted by atomic mass is 19.1. The Morgan fingerprint density at radius 1 is 1.25 bits per heavy atom. The molecule has 16 heavy (non-hydrogen) atoms. The number of halogens is 1. The molecule has 0 bridgehead atoms. The number of benzene rings is 1. The summed E-state index contributed by atoms with van der Waals surface area (Å²) in [5, 5.41) is 12.3. The van der Waals surface area contributed by atoms with Gasteiger partial charge in [-0.1, -0.05) is 19.3 Å². The smallest absolute Gasteiger partial charge is 0.124 e. The van der Waals surface area contributed by atoms with E-state index < -0.39 is 0 Å². The van der Waals surface area contributed by atoms with Crippen LogP contribution in [0, 0.1) is 17.1 Å². The number of hydrogen-bond donors (Lipinski definition) is 1. The molecule has 3 heteroatoms. The van der Waals surface area contributed by atoms with Gasteiger partial charge in [0.05, 0.1) is 11.3 Å². The van der Waals surface area contributed by atoms with Crippen molar-refractivity contribution in [3.8, 4) is 6.07 Å². The van der Waals surface area contributed by atoms with Crippen LogP contribution < -0.4 is 5.32 Å². The molecule has 2 rings (SSSR count). The van der Waals surface area contributed by atoms with Gasteiger partial charge in [0.15, 0.2) is 0 Å². The van der Waals surface area contributed by atoms with E-state index in [9.17, 15) is 4.39 Å². The van der Waals surface area contributed by atoms with E-state index in [4.69, 9.17) is 5.26 Å². The molecule has 2 nitrogen and oxygen atoms in total. The second-order valence-corrected chi connectivity index (χ2v) is 4.28. The molecule has 0 spiro atoms. The first kappa shape index (κ1) is 10.9. The van der Waals surface area contributed by atoms with Gasteiger partial charge >= 0.3 is 0 Å². The Morgan fingerprint density at radius 2 is 2.00 bits per heavy atom. The first-order valence-electron chi connectivity index (χ1n) is 5.76. The van der Waals surface area contributed by atoms with Crippen LogP contribution in [0.4, 0.5) is 10.1 Å². The number of rotatable bonds is 2. The molecule has 1 aliphatic rings. The van der Waals surface area contributed by atoms with E-state index in [1.54, 1.807) is 6.07 Å². The van der Waals surface area contributed by atoms with Crippen LogP contribution in [-0.2, 0) is 0 Å². The molecule has 1 aliphatic carbocycles. The number of anilines is 1. The lowest BCUT2D eigenvalue weighted by molar-refractivity contribution is 0.462. The average molecular weight is 218 g/mol. The summed E-state index contributed by atoms with van der Waals surface area (Å²) in [4.78, 5) is 0. The molecule has 0 atom stereocenters. The van der Waals surface area contributed by atoms with Crippen LogP contribution in [0.1, 0.15) is 37.7 Å². The number of hydrogen-bond acceptors (Lipinski definition) is 2. The topological polar surface area (TPSA) is 35.8 Å². The SMILES string of the molecule is N#Cc1cc(F)ccc1NC1CCCCC1. The van der Waals surface area contributed by atoms with Gasteiger partial charge in [-0.05, 0) is 31.0 Å². The van der Waals surface area contributed by atoms with E-state index in [-0.39, 0.29) is 5.82 Å². The minimum absolute atomic E-state index is 0.356. The van der Waals surface area contributed by atoms with Crippen molar-refractivity contribution in [1.29, 1.82) is 5.26 Å². The van der Waals surface area contributed by atoms with Crippen LogP contribution in [0.15, 0.2) is 18.2 Å². The third kappa shape index (κ3) is 2.52. The predicted molar refractivity (Wildman–Crippen MR) is 61.6 cm³/mol. The van der Waals surface area contributed by atoms with Gasteiger partial charge in [-0.15, -0.1) is 0 Å². The molecule has 0 amide bonds. The summed E-state index contributed by atoms with van der Waals surface area (Å²) in [6, 6.07) is 6.79. The summed E-state index contributed by atoms with van der Waals surface area (Å²) in [6.45, 7) is 0. The first-order valence-corrected chi connectivity index (χ1v) is 5.76. The third-order valence-corrected chi connectivity index (χ3v) is 3.07. The van der Waals surface area contributed by atoms with Crippen molar-refractivity contribution in [3.05, 3.63) is 29.6 Å². The summed E-state index contributed by atoms with van der Waals surface area (Å²) in [7, 11) is 0. The van der Waals surface area contributed by atoms with Gasteiger partial charge in [-0.2, -0.15) is 5.26 Å². The van der Waals surface area contributed by atoms with Gasteiger partial charge in [-0.3, -0.25) is 0 Å². The molecule has 0 radical (unpaired) electrons. The van der Waals surface area contributed by atoms with Crippen LogP contribution in [-0.4, -0.2) is 6.04 Å². The van der Waals surface area contributed by atoms with Crippen LogP contribution in [0.2, 0.25) is 0 Å². The molecule has 0 heterocycles. The van der Waals surface area contributed by atoms with E-state index in [0.717, 1.165) is 18.5 Å². The van der Waals surface area contributed by atoms with Crippen molar-refractivity contribution in [3.63, 3.8) is 0 Å². The Balaban J connectivity index is 2.11. The molecule has 0 aromatic heterocycles. The van der Waals surface area contributed by atoms with Gasteiger partial charge in [0.25, 0.3) is 0 Å². The molecule has 0 saturated heterocycles. The van der Waals surface area contributed by atoms with E-state index >= 15 is 0 Å². The molecule has 0 aliphatic heterocycles. The molecule has 1 N–H and O–H groups in total. The van der Waals surface area contributed by atoms with Crippen LogP contribution in [0.3, 0.4) is 0 Å². The summed E-state index contributed by atoms with van der Waals surface area (Å²) < 4.78 is 12.9. The predicted octanol–water partition coefficient (Wildman–Crippen LogP) is 3.44. The first-order chi connectivity index (χ1) is 7.79. The molecule has 84 valence electrons. The third-order valence-electron chi connectivity index (χ3n) is 3.07. The Morgan fingerprint density at radius 3 is 2.69 bits per heavy atom. The number of nitrogens with zero attached hydrogens (tertiary/aromatic N) is 1. The minimum Gasteiger partial charge on any atom is -0.381 e. The van der Waals surface area contributed by atoms with Crippen molar-refractivity contribution >= 4 is 5.69 Å². The zero-order chi connectivity index (χ0) is 11.4. The molecule has 1 aromatic rings. The highest BCUT2D eigenvalue weighted by Crippen LogP contribution is 2.23. The second kappa shape index (κ2) is 4.98. The fourth-order valence-corrected chi connectivity index (χ4v) is 2.20. The number of nitrogens with one attached hydrogen (secondary N) is 1. The summed E-state index contributed by atoms with van der Waals surface area (Å²) >= 11 is 0. The fraction of sp³-hybridized carbons (Fsp3) is 0.462. The largest absolute Gasteiger partial charge is 0.381 e. The average Bonchev–Trinajstić information content (AvgIpc) is 2.33. The normalized spacial score (nSPS) is 16.8. The number of nitriles is 1. The maximum atomic E-state index is 12.9. The van der Waals surface area contributed by atoms with Gasteiger partial charge < -0.3 is 5.32 Å². The van der Waals surface area contributed by atoms with Gasteiger partial charge in [0.2, 0.25) is 0 Å². The standard InChI is InChI=1S/C13H15FN2/c14-11-6-7-13(10(8-11)9-15)16-12-4-2-1-3-5-12/h6-8,12,16H,1-5H2. The second-order valence-electron chi connectivity index (χ2n) is 4.28.